The van der Waals surface area contributed by atoms with Gasteiger partial charge in [-0.05, 0) is 48.7 Å². The molecule has 0 unspecified atom stereocenters. The summed E-state index contributed by atoms with van der Waals surface area (Å²) >= 11 is 0. The number of carbonyl (C=O) groups excluding carboxylic acids is 2. The Labute approximate surface area is 157 Å². The van der Waals surface area contributed by atoms with Crippen LogP contribution in [0.3, 0.4) is 0 Å². The molecule has 0 atom stereocenters. The van der Waals surface area contributed by atoms with E-state index in [2.05, 4.69) is 0 Å². The van der Waals surface area contributed by atoms with Gasteiger partial charge in [0.1, 0.15) is 11.6 Å². The van der Waals surface area contributed by atoms with Crippen LogP contribution in [0.2, 0.25) is 0 Å². The van der Waals surface area contributed by atoms with Crippen molar-refractivity contribution < 1.29 is 18.4 Å². The molecule has 1 fully saturated rings. The number of aryl methyl sites for hydroxylation is 2. The largest absolute Gasteiger partial charge is 0.339 e. The summed E-state index contributed by atoms with van der Waals surface area (Å²) < 4.78 is 27.1. The van der Waals surface area contributed by atoms with Crippen molar-refractivity contribution in [3.8, 4) is 0 Å². The van der Waals surface area contributed by atoms with Crippen molar-refractivity contribution in [2.75, 3.05) is 26.2 Å². The molecule has 3 rings (SSSR count). The van der Waals surface area contributed by atoms with Crippen LogP contribution in [0, 0.1) is 25.5 Å². The number of nitrogens with zero attached hydrogens (tertiary/aromatic N) is 2. The van der Waals surface area contributed by atoms with Crippen LogP contribution in [0.4, 0.5) is 8.78 Å². The van der Waals surface area contributed by atoms with Crippen molar-refractivity contribution >= 4 is 11.8 Å². The van der Waals surface area contributed by atoms with E-state index >= 15 is 0 Å². The van der Waals surface area contributed by atoms with Gasteiger partial charge in [-0.3, -0.25) is 9.59 Å². The molecule has 0 saturated carbocycles. The third kappa shape index (κ3) is 4.32. The maximum absolute atomic E-state index is 13.8. The molecule has 0 bridgehead atoms. The van der Waals surface area contributed by atoms with Crippen LogP contribution in [-0.4, -0.2) is 47.8 Å². The number of rotatable bonds is 3. The zero-order valence-electron chi connectivity index (χ0n) is 15.5. The highest BCUT2D eigenvalue weighted by Crippen LogP contribution is 2.16. The van der Waals surface area contributed by atoms with Gasteiger partial charge >= 0.3 is 0 Å². The van der Waals surface area contributed by atoms with Gasteiger partial charge in [-0.25, -0.2) is 8.78 Å². The van der Waals surface area contributed by atoms with Crippen LogP contribution in [0.25, 0.3) is 0 Å². The normalized spacial score (nSPS) is 14.4. The van der Waals surface area contributed by atoms with Crippen molar-refractivity contribution in [3.05, 3.63) is 70.3 Å². The van der Waals surface area contributed by atoms with Crippen molar-refractivity contribution in [1.82, 2.24) is 9.80 Å². The van der Waals surface area contributed by atoms with E-state index in [-0.39, 0.29) is 11.5 Å². The minimum atomic E-state index is -0.741. The predicted octanol–water partition coefficient (Wildman–Crippen LogP) is 3.11. The van der Waals surface area contributed by atoms with Gasteiger partial charge in [0.15, 0.2) is 0 Å². The molecule has 6 heteroatoms. The first-order chi connectivity index (χ1) is 12.8. The fraction of sp³-hybridized carbons (Fsp3) is 0.333. The maximum atomic E-state index is 13.8. The third-order valence-electron chi connectivity index (χ3n) is 5.01. The average Bonchev–Trinajstić information content (AvgIpc) is 2.66. The molecular weight excluding hydrogens is 350 g/mol. The Hall–Kier alpha value is -2.76. The topological polar surface area (TPSA) is 40.6 Å². The van der Waals surface area contributed by atoms with Gasteiger partial charge in [0.25, 0.3) is 5.91 Å². The first-order valence-corrected chi connectivity index (χ1v) is 8.93. The number of carbonyl (C=O) groups is 2. The molecule has 4 nitrogen and oxygen atoms in total. The average molecular weight is 372 g/mol. The van der Waals surface area contributed by atoms with Gasteiger partial charge in [0, 0.05) is 26.2 Å². The van der Waals surface area contributed by atoms with E-state index in [4.69, 9.17) is 0 Å². The Bertz CT molecular complexity index is 874. The van der Waals surface area contributed by atoms with Gasteiger partial charge in [-0.2, -0.15) is 0 Å². The number of hydrogen-bond donors (Lipinski definition) is 0. The zero-order chi connectivity index (χ0) is 19.6. The zero-order valence-corrected chi connectivity index (χ0v) is 15.5. The van der Waals surface area contributed by atoms with Crippen molar-refractivity contribution in [3.63, 3.8) is 0 Å². The van der Waals surface area contributed by atoms with E-state index in [1.165, 1.54) is 10.5 Å². The molecule has 1 heterocycles. The first-order valence-electron chi connectivity index (χ1n) is 8.93. The molecule has 2 aromatic rings. The third-order valence-corrected chi connectivity index (χ3v) is 5.01. The Kier molecular flexibility index (Phi) is 5.54. The maximum Gasteiger partial charge on any atom is 0.257 e. The number of halogens is 2. The molecule has 0 radical (unpaired) electrons. The quantitative estimate of drug-likeness (QED) is 0.831. The summed E-state index contributed by atoms with van der Waals surface area (Å²) in [5, 5.41) is 0. The molecule has 142 valence electrons. The molecule has 0 aromatic heterocycles. The Morgan fingerprint density at radius 2 is 1.56 bits per heavy atom. The minimum Gasteiger partial charge on any atom is -0.339 e. The number of piperazine rings is 1. The molecule has 0 aliphatic carbocycles. The van der Waals surface area contributed by atoms with Crippen LogP contribution in [0.1, 0.15) is 27.0 Å². The second kappa shape index (κ2) is 7.86. The van der Waals surface area contributed by atoms with Gasteiger partial charge < -0.3 is 9.80 Å². The lowest BCUT2D eigenvalue weighted by atomic mass is 10.0. The molecule has 1 aliphatic rings. The molecule has 1 aliphatic heterocycles. The van der Waals surface area contributed by atoms with Crippen LogP contribution in [-0.2, 0) is 11.2 Å². The predicted molar refractivity (Wildman–Crippen MR) is 98.5 cm³/mol. The Morgan fingerprint density at radius 1 is 0.889 bits per heavy atom. The number of hydrogen-bond acceptors (Lipinski definition) is 2. The van der Waals surface area contributed by atoms with Gasteiger partial charge in [0.05, 0.1) is 12.0 Å². The summed E-state index contributed by atoms with van der Waals surface area (Å²) in [6, 6.07) is 8.81. The van der Waals surface area contributed by atoms with Crippen molar-refractivity contribution in [2.45, 2.75) is 20.3 Å². The molecule has 0 spiro atoms. The minimum absolute atomic E-state index is 0.00212. The Morgan fingerprint density at radius 3 is 2.22 bits per heavy atom. The first kappa shape index (κ1) is 19.0. The lowest BCUT2D eigenvalue weighted by molar-refractivity contribution is -0.131. The summed E-state index contributed by atoms with van der Waals surface area (Å²) in [4.78, 5) is 28.1. The van der Waals surface area contributed by atoms with E-state index in [1.807, 2.05) is 32.0 Å². The molecule has 2 aromatic carbocycles. The SMILES string of the molecule is Cc1ccc(CC(=O)N2CCN(C(=O)c3cc(F)ccc3F)CC2)cc1C. The highest BCUT2D eigenvalue weighted by Gasteiger charge is 2.26. The van der Waals surface area contributed by atoms with Crippen LogP contribution < -0.4 is 0 Å². The van der Waals surface area contributed by atoms with Crippen molar-refractivity contribution in [1.29, 1.82) is 0 Å². The lowest BCUT2D eigenvalue weighted by Gasteiger charge is -2.35. The summed E-state index contributed by atoms with van der Waals surface area (Å²) in [5.41, 5.74) is 3.02. The van der Waals surface area contributed by atoms with Crippen molar-refractivity contribution in [2.24, 2.45) is 0 Å². The van der Waals surface area contributed by atoms with E-state index in [0.717, 1.165) is 29.3 Å². The summed E-state index contributed by atoms with van der Waals surface area (Å²) in [5.74, 6) is -1.94. The fourth-order valence-corrected chi connectivity index (χ4v) is 3.19. The molecular formula is C21H22F2N2O2. The van der Waals surface area contributed by atoms with E-state index in [1.54, 1.807) is 4.90 Å². The second-order valence-corrected chi connectivity index (χ2v) is 6.89. The van der Waals surface area contributed by atoms with E-state index in [0.29, 0.717) is 32.6 Å². The van der Waals surface area contributed by atoms with Gasteiger partial charge in [-0.15, -0.1) is 0 Å². The van der Waals surface area contributed by atoms with Crippen LogP contribution in [0.5, 0.6) is 0 Å². The summed E-state index contributed by atoms with van der Waals surface area (Å²) in [7, 11) is 0. The number of benzene rings is 2. The van der Waals surface area contributed by atoms with E-state index < -0.39 is 17.5 Å². The van der Waals surface area contributed by atoms with Gasteiger partial charge in [-0.1, -0.05) is 18.2 Å². The lowest BCUT2D eigenvalue weighted by Crippen LogP contribution is -2.51. The molecule has 2 amide bonds. The highest BCUT2D eigenvalue weighted by atomic mass is 19.1. The smallest absolute Gasteiger partial charge is 0.257 e. The number of amides is 2. The fourth-order valence-electron chi connectivity index (χ4n) is 3.19. The Balaban J connectivity index is 1.59. The summed E-state index contributed by atoms with van der Waals surface area (Å²) in [6.45, 7) is 5.40. The summed E-state index contributed by atoms with van der Waals surface area (Å²) in [6.07, 6.45) is 0.313. The highest BCUT2D eigenvalue weighted by molar-refractivity contribution is 5.94. The molecule has 1 saturated heterocycles. The standard InChI is InChI=1S/C21H22F2N2O2/c1-14-3-4-16(11-15(14)2)12-20(26)24-7-9-25(10-8-24)21(27)18-13-17(22)5-6-19(18)23/h3-6,11,13H,7-10,12H2,1-2H3. The molecule has 0 N–H and O–H groups in total. The second-order valence-electron chi connectivity index (χ2n) is 6.89. The van der Waals surface area contributed by atoms with Gasteiger partial charge in [0.2, 0.25) is 5.91 Å². The monoisotopic (exact) mass is 372 g/mol. The van der Waals surface area contributed by atoms with Crippen LogP contribution in [0.15, 0.2) is 36.4 Å². The van der Waals surface area contributed by atoms with E-state index in [9.17, 15) is 18.4 Å². The van der Waals surface area contributed by atoms with Crippen LogP contribution >= 0.6 is 0 Å². The molecule has 27 heavy (non-hydrogen) atoms.